The van der Waals surface area contributed by atoms with E-state index in [1.807, 2.05) is 4.90 Å². The van der Waals surface area contributed by atoms with Crippen LogP contribution < -0.4 is 10.6 Å². The van der Waals surface area contributed by atoms with Gasteiger partial charge in [0.05, 0.1) is 18.1 Å². The number of rotatable bonds is 5. The van der Waals surface area contributed by atoms with Crippen molar-refractivity contribution >= 4 is 11.6 Å². The zero-order valence-corrected chi connectivity index (χ0v) is 9.22. The number of nitrogen functional groups attached to an aromatic ring is 1. The van der Waals surface area contributed by atoms with Crippen molar-refractivity contribution in [3.05, 3.63) is 12.4 Å². The van der Waals surface area contributed by atoms with E-state index in [-0.39, 0.29) is 6.61 Å². The molecule has 0 radical (unpaired) electrons. The van der Waals surface area contributed by atoms with E-state index < -0.39 is 0 Å². The summed E-state index contributed by atoms with van der Waals surface area (Å²) in [5.74, 6) is 0.660. The molecule has 84 valence electrons. The van der Waals surface area contributed by atoms with Crippen LogP contribution in [0.5, 0.6) is 0 Å². The zero-order valence-electron chi connectivity index (χ0n) is 9.22. The van der Waals surface area contributed by atoms with Gasteiger partial charge in [-0.1, -0.05) is 0 Å². The summed E-state index contributed by atoms with van der Waals surface area (Å²) < 4.78 is 0. The standard InChI is InChI=1S/C10H18N4O/c1-8(2)14(4-3-5-15)10-12-6-9(11)7-13-10/h6-8,15H,3-5,11H2,1-2H3. The van der Waals surface area contributed by atoms with Crippen molar-refractivity contribution < 1.29 is 5.11 Å². The van der Waals surface area contributed by atoms with E-state index in [4.69, 9.17) is 10.8 Å². The molecule has 0 saturated carbocycles. The van der Waals surface area contributed by atoms with Gasteiger partial charge < -0.3 is 15.7 Å². The molecule has 0 atom stereocenters. The number of nitrogens with zero attached hydrogens (tertiary/aromatic N) is 3. The summed E-state index contributed by atoms with van der Waals surface area (Å²) in [6.45, 7) is 5.06. The van der Waals surface area contributed by atoms with Crippen LogP contribution in [-0.2, 0) is 0 Å². The van der Waals surface area contributed by atoms with Crippen LogP contribution in [0.15, 0.2) is 12.4 Å². The number of anilines is 2. The van der Waals surface area contributed by atoms with E-state index in [1.54, 1.807) is 12.4 Å². The highest BCUT2D eigenvalue weighted by Gasteiger charge is 2.12. The predicted molar refractivity (Wildman–Crippen MR) is 60.6 cm³/mol. The molecule has 0 aliphatic heterocycles. The topological polar surface area (TPSA) is 75.3 Å². The Morgan fingerprint density at radius 3 is 2.47 bits per heavy atom. The maximum Gasteiger partial charge on any atom is 0.225 e. The lowest BCUT2D eigenvalue weighted by molar-refractivity contribution is 0.288. The number of hydrogen-bond acceptors (Lipinski definition) is 5. The molecule has 0 aliphatic rings. The molecule has 0 saturated heterocycles. The van der Waals surface area contributed by atoms with Crippen LogP contribution in [0.25, 0.3) is 0 Å². The van der Waals surface area contributed by atoms with Crippen LogP contribution in [0.2, 0.25) is 0 Å². The highest BCUT2D eigenvalue weighted by Crippen LogP contribution is 2.11. The zero-order chi connectivity index (χ0) is 11.3. The minimum Gasteiger partial charge on any atom is -0.396 e. The monoisotopic (exact) mass is 210 g/mol. The molecule has 1 aromatic rings. The molecule has 15 heavy (non-hydrogen) atoms. The van der Waals surface area contributed by atoms with Crippen LogP contribution in [-0.4, -0.2) is 34.3 Å². The second-order valence-electron chi connectivity index (χ2n) is 3.68. The van der Waals surface area contributed by atoms with E-state index in [2.05, 4.69) is 23.8 Å². The molecule has 1 aromatic heterocycles. The van der Waals surface area contributed by atoms with Crippen molar-refractivity contribution in [2.75, 3.05) is 23.8 Å². The highest BCUT2D eigenvalue weighted by atomic mass is 16.3. The van der Waals surface area contributed by atoms with Crippen LogP contribution in [0.3, 0.4) is 0 Å². The average Bonchev–Trinajstić information content (AvgIpc) is 2.21. The Kier molecular flexibility index (Phi) is 4.30. The van der Waals surface area contributed by atoms with Crippen molar-refractivity contribution in [3.63, 3.8) is 0 Å². The molecular weight excluding hydrogens is 192 g/mol. The Morgan fingerprint density at radius 2 is 2.00 bits per heavy atom. The quantitative estimate of drug-likeness (QED) is 0.746. The van der Waals surface area contributed by atoms with E-state index in [0.29, 0.717) is 24.1 Å². The van der Waals surface area contributed by atoms with Crippen LogP contribution in [0.1, 0.15) is 20.3 Å². The second-order valence-corrected chi connectivity index (χ2v) is 3.68. The van der Waals surface area contributed by atoms with Gasteiger partial charge in [-0.2, -0.15) is 0 Å². The fraction of sp³-hybridized carbons (Fsp3) is 0.600. The first-order valence-electron chi connectivity index (χ1n) is 5.10. The SMILES string of the molecule is CC(C)N(CCCO)c1ncc(N)cn1. The Labute approximate surface area is 90.0 Å². The number of hydrogen-bond donors (Lipinski definition) is 2. The molecule has 5 heteroatoms. The maximum atomic E-state index is 8.80. The van der Waals surface area contributed by atoms with Gasteiger partial charge >= 0.3 is 0 Å². The van der Waals surface area contributed by atoms with Gasteiger partial charge in [0.2, 0.25) is 5.95 Å². The predicted octanol–water partition coefficient (Wildman–Crippen LogP) is 0.656. The summed E-state index contributed by atoms with van der Waals surface area (Å²) in [4.78, 5) is 10.4. The van der Waals surface area contributed by atoms with Crippen molar-refractivity contribution in [2.24, 2.45) is 0 Å². The third-order valence-electron chi connectivity index (χ3n) is 2.10. The number of nitrogens with two attached hydrogens (primary N) is 1. The largest absolute Gasteiger partial charge is 0.396 e. The summed E-state index contributed by atoms with van der Waals surface area (Å²) in [5, 5.41) is 8.80. The molecule has 0 amide bonds. The van der Waals surface area contributed by atoms with E-state index in [1.165, 1.54) is 0 Å². The molecule has 0 fully saturated rings. The minimum absolute atomic E-state index is 0.179. The molecule has 3 N–H and O–H groups in total. The van der Waals surface area contributed by atoms with Gasteiger partial charge in [0.1, 0.15) is 0 Å². The smallest absolute Gasteiger partial charge is 0.225 e. The molecule has 5 nitrogen and oxygen atoms in total. The number of aliphatic hydroxyl groups is 1. The van der Waals surface area contributed by atoms with Crippen molar-refractivity contribution in [1.82, 2.24) is 9.97 Å². The third kappa shape index (κ3) is 3.36. The fourth-order valence-corrected chi connectivity index (χ4v) is 1.31. The maximum absolute atomic E-state index is 8.80. The first kappa shape index (κ1) is 11.7. The Bertz CT molecular complexity index is 286. The first-order valence-corrected chi connectivity index (χ1v) is 5.10. The molecule has 0 unspecified atom stereocenters. The first-order chi connectivity index (χ1) is 7.15. The van der Waals surface area contributed by atoms with Gasteiger partial charge in [0, 0.05) is 19.2 Å². The second kappa shape index (κ2) is 5.50. The van der Waals surface area contributed by atoms with Gasteiger partial charge in [-0.05, 0) is 20.3 Å². The minimum atomic E-state index is 0.179. The van der Waals surface area contributed by atoms with Crippen molar-refractivity contribution in [2.45, 2.75) is 26.3 Å². The number of aliphatic hydroxyl groups excluding tert-OH is 1. The van der Waals surface area contributed by atoms with Crippen LogP contribution in [0.4, 0.5) is 11.6 Å². The van der Waals surface area contributed by atoms with E-state index in [9.17, 15) is 0 Å². The molecular formula is C10H18N4O. The fourth-order valence-electron chi connectivity index (χ4n) is 1.31. The summed E-state index contributed by atoms with van der Waals surface area (Å²) >= 11 is 0. The van der Waals surface area contributed by atoms with Crippen LogP contribution >= 0.6 is 0 Å². The summed E-state index contributed by atoms with van der Waals surface area (Å²) in [7, 11) is 0. The Balaban J connectivity index is 2.74. The highest BCUT2D eigenvalue weighted by molar-refractivity contribution is 5.38. The van der Waals surface area contributed by atoms with Gasteiger partial charge in [-0.3, -0.25) is 0 Å². The van der Waals surface area contributed by atoms with Crippen molar-refractivity contribution in [1.29, 1.82) is 0 Å². The lowest BCUT2D eigenvalue weighted by Crippen LogP contribution is -2.33. The summed E-state index contributed by atoms with van der Waals surface area (Å²) in [5.41, 5.74) is 6.08. The normalized spacial score (nSPS) is 10.7. The lowest BCUT2D eigenvalue weighted by Gasteiger charge is -2.26. The van der Waals surface area contributed by atoms with Gasteiger partial charge in [0.15, 0.2) is 0 Å². The van der Waals surface area contributed by atoms with E-state index in [0.717, 1.165) is 6.54 Å². The van der Waals surface area contributed by atoms with Gasteiger partial charge in [-0.15, -0.1) is 0 Å². The average molecular weight is 210 g/mol. The van der Waals surface area contributed by atoms with Gasteiger partial charge in [-0.25, -0.2) is 9.97 Å². The van der Waals surface area contributed by atoms with Crippen molar-refractivity contribution in [3.8, 4) is 0 Å². The van der Waals surface area contributed by atoms with Crippen LogP contribution in [0, 0.1) is 0 Å². The lowest BCUT2D eigenvalue weighted by atomic mass is 10.3. The van der Waals surface area contributed by atoms with E-state index >= 15 is 0 Å². The summed E-state index contributed by atoms with van der Waals surface area (Å²) in [6, 6.07) is 0.306. The molecule has 0 spiro atoms. The molecule has 1 heterocycles. The molecule has 0 bridgehead atoms. The summed E-state index contributed by atoms with van der Waals surface area (Å²) in [6.07, 6.45) is 3.90. The third-order valence-corrected chi connectivity index (χ3v) is 2.10. The molecule has 0 aromatic carbocycles. The Morgan fingerprint density at radius 1 is 1.40 bits per heavy atom. The van der Waals surface area contributed by atoms with Gasteiger partial charge in [0.25, 0.3) is 0 Å². The number of aromatic nitrogens is 2. The molecule has 1 rings (SSSR count). The molecule has 0 aliphatic carbocycles. The Hall–Kier alpha value is -1.36.